The van der Waals surface area contributed by atoms with Crippen LogP contribution >= 0.6 is 0 Å². The standard InChI is InChI=1S/C27H42O2/c1-23(2)12-14-27-15-13-25(4)18(22(27)19(23)16-29-27)6-7-21-24(3)10-9-20(28)17(24)8-11-26(21,25)5/h17-19,21-22H,6-16H2,1-5H3/t17-,18-,19-,21-,22-,24+,25-,26-,27-/m1/s1. The number of ether oxygens (including phenoxy) is 1. The number of rotatable bonds is 0. The lowest BCUT2D eigenvalue weighted by atomic mass is 9.34. The number of fused-ring (bicyclic) bond motifs is 5. The van der Waals surface area contributed by atoms with Gasteiger partial charge < -0.3 is 4.74 Å². The molecule has 9 atom stereocenters. The molecule has 1 heterocycles. The van der Waals surface area contributed by atoms with Gasteiger partial charge in [0, 0.05) is 12.3 Å². The Morgan fingerprint density at radius 1 is 0.793 bits per heavy atom. The zero-order valence-electron chi connectivity index (χ0n) is 19.5. The molecule has 2 bridgehead atoms. The maximum Gasteiger partial charge on any atom is 0.136 e. The molecule has 0 aromatic rings. The molecule has 5 saturated carbocycles. The van der Waals surface area contributed by atoms with E-state index < -0.39 is 0 Å². The normalized spacial score (nSPS) is 60.2. The number of Topliss-reactive ketones (excluding diaryl/α,β-unsaturated/α-hetero) is 1. The maximum absolute atomic E-state index is 12.7. The predicted octanol–water partition coefficient (Wildman–Crippen LogP) is 6.42. The minimum atomic E-state index is 0.206. The summed E-state index contributed by atoms with van der Waals surface area (Å²) in [7, 11) is 0. The van der Waals surface area contributed by atoms with Gasteiger partial charge in [-0.25, -0.2) is 0 Å². The van der Waals surface area contributed by atoms with E-state index in [1.165, 1.54) is 44.9 Å². The Bertz CT molecular complexity index is 756. The van der Waals surface area contributed by atoms with E-state index in [9.17, 15) is 4.79 Å². The van der Waals surface area contributed by atoms with Crippen LogP contribution in [0.4, 0.5) is 0 Å². The van der Waals surface area contributed by atoms with Gasteiger partial charge in [0.25, 0.3) is 0 Å². The van der Waals surface area contributed by atoms with E-state index in [2.05, 4.69) is 34.6 Å². The molecule has 6 aliphatic rings. The monoisotopic (exact) mass is 398 g/mol. The molecule has 1 saturated heterocycles. The smallest absolute Gasteiger partial charge is 0.136 e. The van der Waals surface area contributed by atoms with Gasteiger partial charge in [-0.15, -0.1) is 0 Å². The number of carbonyl (C=O) groups is 1. The first kappa shape index (κ1) is 19.3. The first-order valence-corrected chi connectivity index (χ1v) is 12.7. The quantitative estimate of drug-likeness (QED) is 0.470. The number of hydrogen-bond acceptors (Lipinski definition) is 2. The topological polar surface area (TPSA) is 26.3 Å². The lowest BCUT2D eigenvalue weighted by Gasteiger charge is -2.70. The molecule has 0 spiro atoms. The van der Waals surface area contributed by atoms with Crippen LogP contribution in [-0.4, -0.2) is 18.0 Å². The largest absolute Gasteiger partial charge is 0.374 e. The van der Waals surface area contributed by atoms with Crippen LogP contribution in [0.15, 0.2) is 0 Å². The summed E-state index contributed by atoms with van der Waals surface area (Å²) in [5, 5.41) is 0. The molecule has 29 heavy (non-hydrogen) atoms. The summed E-state index contributed by atoms with van der Waals surface area (Å²) < 4.78 is 6.73. The third kappa shape index (κ3) is 2.07. The highest BCUT2D eigenvalue weighted by molar-refractivity contribution is 5.84. The lowest BCUT2D eigenvalue weighted by molar-refractivity contribution is -0.231. The highest BCUT2D eigenvalue weighted by Gasteiger charge is 2.72. The minimum absolute atomic E-state index is 0.206. The zero-order chi connectivity index (χ0) is 20.4. The second-order valence-electron chi connectivity index (χ2n) is 13.6. The van der Waals surface area contributed by atoms with Crippen molar-refractivity contribution in [2.24, 2.45) is 51.2 Å². The zero-order valence-corrected chi connectivity index (χ0v) is 19.5. The van der Waals surface area contributed by atoms with Gasteiger partial charge in [-0.3, -0.25) is 4.79 Å². The molecule has 5 aliphatic carbocycles. The van der Waals surface area contributed by atoms with Crippen LogP contribution in [0.2, 0.25) is 0 Å². The van der Waals surface area contributed by atoms with Gasteiger partial charge in [-0.1, -0.05) is 34.6 Å². The van der Waals surface area contributed by atoms with Crippen LogP contribution < -0.4 is 0 Å². The Morgan fingerprint density at radius 2 is 1.55 bits per heavy atom. The Labute approximate surface area is 177 Å². The Morgan fingerprint density at radius 3 is 2.34 bits per heavy atom. The highest BCUT2D eigenvalue weighted by atomic mass is 16.5. The molecule has 0 aromatic heterocycles. The predicted molar refractivity (Wildman–Crippen MR) is 115 cm³/mol. The average molecular weight is 399 g/mol. The summed E-state index contributed by atoms with van der Waals surface area (Å²) in [4.78, 5) is 12.7. The van der Waals surface area contributed by atoms with Crippen molar-refractivity contribution in [3.63, 3.8) is 0 Å². The number of hydrogen-bond donors (Lipinski definition) is 0. The summed E-state index contributed by atoms with van der Waals surface area (Å²) in [6, 6.07) is 0. The van der Waals surface area contributed by atoms with Crippen molar-refractivity contribution >= 4 is 5.78 Å². The second-order valence-corrected chi connectivity index (χ2v) is 13.6. The van der Waals surface area contributed by atoms with Crippen molar-refractivity contribution in [3.8, 4) is 0 Å². The van der Waals surface area contributed by atoms with Crippen molar-refractivity contribution in [1.82, 2.24) is 0 Å². The lowest BCUT2D eigenvalue weighted by Crippen LogP contribution is -2.66. The van der Waals surface area contributed by atoms with E-state index in [1.807, 2.05) is 0 Å². The van der Waals surface area contributed by atoms with Crippen molar-refractivity contribution < 1.29 is 9.53 Å². The molecule has 6 fully saturated rings. The molecule has 2 nitrogen and oxygen atoms in total. The summed E-state index contributed by atoms with van der Waals surface area (Å²) in [6.45, 7) is 13.9. The number of ketones is 1. The first-order chi connectivity index (χ1) is 13.6. The molecule has 0 radical (unpaired) electrons. The third-order valence-electron chi connectivity index (χ3n) is 12.8. The van der Waals surface area contributed by atoms with E-state index in [1.54, 1.807) is 0 Å². The summed E-state index contributed by atoms with van der Waals surface area (Å²) >= 11 is 0. The van der Waals surface area contributed by atoms with E-state index >= 15 is 0 Å². The summed E-state index contributed by atoms with van der Waals surface area (Å²) in [5.41, 5.74) is 1.73. The highest BCUT2D eigenvalue weighted by Crippen LogP contribution is 2.76. The molecule has 0 aromatic carbocycles. The Hall–Kier alpha value is -0.370. The molecular formula is C27H42O2. The van der Waals surface area contributed by atoms with Gasteiger partial charge in [0.05, 0.1) is 12.2 Å². The van der Waals surface area contributed by atoms with Crippen LogP contribution in [0, 0.1) is 51.2 Å². The van der Waals surface area contributed by atoms with Crippen molar-refractivity contribution in [3.05, 3.63) is 0 Å². The molecular weight excluding hydrogens is 356 g/mol. The van der Waals surface area contributed by atoms with E-state index in [4.69, 9.17) is 4.74 Å². The fourth-order valence-corrected chi connectivity index (χ4v) is 10.8. The van der Waals surface area contributed by atoms with E-state index in [0.717, 1.165) is 49.5 Å². The van der Waals surface area contributed by atoms with Gasteiger partial charge in [-0.05, 0) is 103 Å². The van der Waals surface area contributed by atoms with Crippen molar-refractivity contribution in [2.75, 3.05) is 6.61 Å². The van der Waals surface area contributed by atoms with Gasteiger partial charge in [0.1, 0.15) is 5.78 Å². The van der Waals surface area contributed by atoms with Crippen molar-refractivity contribution in [2.45, 2.75) is 104 Å². The summed E-state index contributed by atoms with van der Waals surface area (Å²) in [6.07, 6.45) is 12.5. The number of carbonyl (C=O) groups excluding carboxylic acids is 1. The SMILES string of the molecule is CC1(C)CC[C@@]23CC[C@]4(C)[C@H](CC[C@@H]5[C@@]6(C)CCC(=O)[C@H]6CC[C@]54C)[C@@H]2[C@H]1CO3. The van der Waals surface area contributed by atoms with E-state index in [-0.39, 0.29) is 11.0 Å². The minimum Gasteiger partial charge on any atom is -0.374 e. The molecule has 0 amide bonds. The molecule has 0 N–H and O–H groups in total. The fourth-order valence-electron chi connectivity index (χ4n) is 10.8. The average Bonchev–Trinajstić information content (AvgIpc) is 3.16. The Kier molecular flexibility index (Phi) is 3.67. The first-order valence-electron chi connectivity index (χ1n) is 12.7. The van der Waals surface area contributed by atoms with E-state index in [0.29, 0.717) is 27.9 Å². The van der Waals surface area contributed by atoms with Crippen LogP contribution in [0.3, 0.4) is 0 Å². The third-order valence-corrected chi connectivity index (χ3v) is 12.8. The molecule has 2 heteroatoms. The van der Waals surface area contributed by atoms with Crippen LogP contribution in [0.5, 0.6) is 0 Å². The van der Waals surface area contributed by atoms with Gasteiger partial charge >= 0.3 is 0 Å². The van der Waals surface area contributed by atoms with Crippen LogP contribution in [-0.2, 0) is 9.53 Å². The van der Waals surface area contributed by atoms with Crippen LogP contribution in [0.25, 0.3) is 0 Å². The van der Waals surface area contributed by atoms with Gasteiger partial charge in [-0.2, -0.15) is 0 Å². The molecule has 6 rings (SSSR count). The van der Waals surface area contributed by atoms with Gasteiger partial charge in [0.2, 0.25) is 0 Å². The van der Waals surface area contributed by atoms with Crippen molar-refractivity contribution in [1.29, 1.82) is 0 Å². The molecule has 1 aliphatic heterocycles. The second kappa shape index (κ2) is 5.51. The van der Waals surface area contributed by atoms with Gasteiger partial charge in [0.15, 0.2) is 0 Å². The molecule has 162 valence electrons. The fraction of sp³-hybridized carbons (Fsp3) is 0.963. The van der Waals surface area contributed by atoms with Crippen LogP contribution in [0.1, 0.15) is 98.8 Å². The Balaban J connectivity index is 1.42. The maximum atomic E-state index is 12.7. The summed E-state index contributed by atoms with van der Waals surface area (Å²) in [5.74, 6) is 4.04. The molecule has 0 unspecified atom stereocenters.